The SMILES string of the molecule is CC(C)CC(=O)N1CCN(S(=O)(=O)c2cccc(C(F)(F)F)c2)CC1. The molecule has 140 valence electrons. The number of benzene rings is 1. The summed E-state index contributed by atoms with van der Waals surface area (Å²) in [7, 11) is -4.02. The molecule has 1 heterocycles. The minimum atomic E-state index is -4.60. The zero-order valence-electron chi connectivity index (χ0n) is 14.1. The lowest BCUT2D eigenvalue weighted by molar-refractivity contribution is -0.137. The van der Waals surface area contributed by atoms with E-state index in [0.29, 0.717) is 12.5 Å². The van der Waals surface area contributed by atoms with Crippen LogP contribution in [-0.2, 0) is 21.0 Å². The van der Waals surface area contributed by atoms with E-state index in [1.54, 1.807) is 4.90 Å². The summed E-state index contributed by atoms with van der Waals surface area (Å²) in [6.07, 6.45) is -4.21. The Morgan fingerprint density at radius 3 is 2.28 bits per heavy atom. The fourth-order valence-corrected chi connectivity index (χ4v) is 4.11. The van der Waals surface area contributed by atoms with Crippen molar-refractivity contribution in [2.75, 3.05) is 26.2 Å². The smallest absolute Gasteiger partial charge is 0.340 e. The van der Waals surface area contributed by atoms with Crippen molar-refractivity contribution >= 4 is 15.9 Å². The van der Waals surface area contributed by atoms with E-state index in [1.807, 2.05) is 13.8 Å². The number of alkyl halides is 3. The second-order valence-electron chi connectivity index (χ2n) is 6.41. The van der Waals surface area contributed by atoms with E-state index in [2.05, 4.69) is 0 Å². The van der Waals surface area contributed by atoms with Crippen LogP contribution in [0.3, 0.4) is 0 Å². The van der Waals surface area contributed by atoms with Crippen molar-refractivity contribution in [1.82, 2.24) is 9.21 Å². The van der Waals surface area contributed by atoms with Crippen LogP contribution in [0, 0.1) is 5.92 Å². The average Bonchev–Trinajstić information content (AvgIpc) is 2.53. The van der Waals surface area contributed by atoms with E-state index in [-0.39, 0.29) is 42.9 Å². The van der Waals surface area contributed by atoms with Crippen LogP contribution >= 0.6 is 0 Å². The van der Waals surface area contributed by atoms with Gasteiger partial charge in [-0.2, -0.15) is 17.5 Å². The van der Waals surface area contributed by atoms with E-state index in [1.165, 1.54) is 0 Å². The summed E-state index contributed by atoms with van der Waals surface area (Å²) in [5, 5.41) is 0. The topological polar surface area (TPSA) is 57.7 Å². The first kappa shape index (κ1) is 19.7. The number of sulfonamides is 1. The van der Waals surface area contributed by atoms with Gasteiger partial charge in [0.25, 0.3) is 0 Å². The Bertz CT molecular complexity index is 724. The zero-order valence-corrected chi connectivity index (χ0v) is 14.9. The summed E-state index contributed by atoms with van der Waals surface area (Å²) in [4.78, 5) is 13.2. The highest BCUT2D eigenvalue weighted by Crippen LogP contribution is 2.31. The molecule has 0 N–H and O–H groups in total. The van der Waals surface area contributed by atoms with Crippen LogP contribution in [0.5, 0.6) is 0 Å². The monoisotopic (exact) mass is 378 g/mol. The molecule has 0 aromatic heterocycles. The second-order valence-corrected chi connectivity index (χ2v) is 8.35. The molecule has 1 amide bonds. The first-order chi connectivity index (χ1) is 11.5. The number of hydrogen-bond acceptors (Lipinski definition) is 3. The fraction of sp³-hybridized carbons (Fsp3) is 0.562. The summed E-state index contributed by atoms with van der Waals surface area (Å²) < 4.78 is 64.6. The number of piperazine rings is 1. The molecule has 0 spiro atoms. The van der Waals surface area contributed by atoms with Gasteiger partial charge in [0.15, 0.2) is 0 Å². The zero-order chi connectivity index (χ0) is 18.8. The first-order valence-electron chi connectivity index (χ1n) is 7.97. The van der Waals surface area contributed by atoms with Crippen molar-refractivity contribution in [3.05, 3.63) is 29.8 Å². The maximum absolute atomic E-state index is 12.8. The normalized spacial score (nSPS) is 17.1. The lowest BCUT2D eigenvalue weighted by Crippen LogP contribution is -2.50. The molecule has 9 heteroatoms. The van der Waals surface area contributed by atoms with Gasteiger partial charge < -0.3 is 4.90 Å². The van der Waals surface area contributed by atoms with Gasteiger partial charge in [0.2, 0.25) is 15.9 Å². The molecule has 1 aromatic carbocycles. The summed E-state index contributed by atoms with van der Waals surface area (Å²) in [6, 6.07) is 3.71. The molecule has 1 aliphatic rings. The van der Waals surface area contributed by atoms with Gasteiger partial charge in [-0.15, -0.1) is 0 Å². The average molecular weight is 378 g/mol. The van der Waals surface area contributed by atoms with Crippen LogP contribution in [0.2, 0.25) is 0 Å². The fourth-order valence-electron chi connectivity index (χ4n) is 2.64. The molecule has 0 atom stereocenters. The van der Waals surface area contributed by atoms with Crippen molar-refractivity contribution in [1.29, 1.82) is 0 Å². The molecule has 25 heavy (non-hydrogen) atoms. The number of rotatable bonds is 4. The van der Waals surface area contributed by atoms with E-state index < -0.39 is 21.8 Å². The molecule has 1 aliphatic heterocycles. The van der Waals surface area contributed by atoms with E-state index >= 15 is 0 Å². The van der Waals surface area contributed by atoms with Gasteiger partial charge in [0.1, 0.15) is 0 Å². The maximum Gasteiger partial charge on any atom is 0.416 e. The van der Waals surface area contributed by atoms with Crippen LogP contribution in [0.4, 0.5) is 13.2 Å². The van der Waals surface area contributed by atoms with Crippen LogP contribution in [0.25, 0.3) is 0 Å². The standard InChI is InChI=1S/C16H21F3N2O3S/c1-12(2)10-15(22)20-6-8-21(9-7-20)25(23,24)14-5-3-4-13(11-14)16(17,18)19/h3-5,11-12H,6-10H2,1-2H3. The van der Waals surface area contributed by atoms with Crippen molar-refractivity contribution in [3.63, 3.8) is 0 Å². The molecule has 1 saturated heterocycles. The van der Waals surface area contributed by atoms with Crippen LogP contribution in [-0.4, -0.2) is 49.7 Å². The van der Waals surface area contributed by atoms with Crippen LogP contribution in [0.15, 0.2) is 29.2 Å². The highest BCUT2D eigenvalue weighted by Gasteiger charge is 2.34. The minimum absolute atomic E-state index is 0.0360. The highest BCUT2D eigenvalue weighted by atomic mass is 32.2. The van der Waals surface area contributed by atoms with E-state index in [0.717, 1.165) is 22.5 Å². The van der Waals surface area contributed by atoms with Gasteiger partial charge in [-0.3, -0.25) is 4.79 Å². The number of carbonyl (C=O) groups is 1. The van der Waals surface area contributed by atoms with Crippen molar-refractivity contribution in [2.45, 2.75) is 31.3 Å². The summed E-state index contributed by atoms with van der Waals surface area (Å²) in [6.45, 7) is 4.47. The summed E-state index contributed by atoms with van der Waals surface area (Å²) in [5.41, 5.74) is -1.00. The highest BCUT2D eigenvalue weighted by molar-refractivity contribution is 7.89. The molecule has 0 aliphatic carbocycles. The van der Waals surface area contributed by atoms with Gasteiger partial charge in [-0.05, 0) is 24.1 Å². The van der Waals surface area contributed by atoms with Crippen molar-refractivity contribution in [3.8, 4) is 0 Å². The Kier molecular flexibility index (Phi) is 5.78. The molecule has 0 radical (unpaired) electrons. The van der Waals surface area contributed by atoms with E-state index in [4.69, 9.17) is 0 Å². The van der Waals surface area contributed by atoms with Gasteiger partial charge in [-0.1, -0.05) is 19.9 Å². The summed E-state index contributed by atoms with van der Waals surface area (Å²) >= 11 is 0. The van der Waals surface area contributed by atoms with Gasteiger partial charge in [0, 0.05) is 32.6 Å². The van der Waals surface area contributed by atoms with Gasteiger partial charge in [0.05, 0.1) is 10.5 Å². The molecule has 5 nitrogen and oxygen atoms in total. The van der Waals surface area contributed by atoms with Gasteiger partial charge in [-0.25, -0.2) is 8.42 Å². The minimum Gasteiger partial charge on any atom is -0.340 e. The molecular formula is C16H21F3N2O3S. The molecule has 0 saturated carbocycles. The lowest BCUT2D eigenvalue weighted by atomic mass is 10.1. The summed E-state index contributed by atoms with van der Waals surface area (Å²) in [5.74, 6) is 0.172. The second kappa shape index (κ2) is 7.33. The molecule has 2 rings (SSSR count). The molecule has 1 fully saturated rings. The van der Waals surface area contributed by atoms with Crippen molar-refractivity contribution in [2.24, 2.45) is 5.92 Å². The third kappa shape index (κ3) is 4.72. The number of amides is 1. The molecule has 1 aromatic rings. The third-order valence-corrected chi connectivity index (χ3v) is 5.87. The Morgan fingerprint density at radius 2 is 1.76 bits per heavy atom. The predicted molar refractivity (Wildman–Crippen MR) is 86.2 cm³/mol. The number of hydrogen-bond donors (Lipinski definition) is 0. The third-order valence-electron chi connectivity index (χ3n) is 3.97. The Balaban J connectivity index is 2.11. The molecule has 0 unspecified atom stereocenters. The maximum atomic E-state index is 12.8. The first-order valence-corrected chi connectivity index (χ1v) is 9.41. The largest absolute Gasteiger partial charge is 0.416 e. The van der Waals surface area contributed by atoms with Crippen molar-refractivity contribution < 1.29 is 26.4 Å². The number of halogens is 3. The quantitative estimate of drug-likeness (QED) is 0.809. The van der Waals surface area contributed by atoms with Crippen LogP contribution in [0.1, 0.15) is 25.8 Å². The van der Waals surface area contributed by atoms with Gasteiger partial charge >= 0.3 is 6.18 Å². The molecular weight excluding hydrogens is 357 g/mol. The Labute approximate surface area is 145 Å². The van der Waals surface area contributed by atoms with Crippen LogP contribution < -0.4 is 0 Å². The molecule has 0 bridgehead atoms. The Morgan fingerprint density at radius 1 is 1.16 bits per heavy atom. The predicted octanol–water partition coefficient (Wildman–Crippen LogP) is 2.58. The lowest BCUT2D eigenvalue weighted by Gasteiger charge is -2.34. The number of nitrogens with zero attached hydrogens (tertiary/aromatic N) is 2. The van der Waals surface area contributed by atoms with E-state index in [9.17, 15) is 26.4 Å². The number of carbonyl (C=O) groups excluding carboxylic acids is 1. The Hall–Kier alpha value is -1.61.